The van der Waals surface area contributed by atoms with Crippen LogP contribution in [0.15, 0.2) is 53.9 Å². The molecule has 0 aliphatic heterocycles. The van der Waals surface area contributed by atoms with Crippen molar-refractivity contribution in [2.75, 3.05) is 0 Å². The van der Waals surface area contributed by atoms with Gasteiger partial charge in [0.05, 0.1) is 11.1 Å². The molecular weight excluding hydrogens is 304 g/mol. The second kappa shape index (κ2) is 7.08. The highest BCUT2D eigenvalue weighted by Crippen LogP contribution is 2.23. The lowest BCUT2D eigenvalue weighted by Crippen LogP contribution is -2.25. The van der Waals surface area contributed by atoms with Crippen molar-refractivity contribution < 1.29 is 14.7 Å². The van der Waals surface area contributed by atoms with E-state index in [1.807, 2.05) is 30.3 Å². The number of aliphatic carboxylic acids is 1. The van der Waals surface area contributed by atoms with Crippen LogP contribution in [0.5, 0.6) is 0 Å². The van der Waals surface area contributed by atoms with Crippen molar-refractivity contribution in [3.05, 3.63) is 59.4 Å². The van der Waals surface area contributed by atoms with Crippen molar-refractivity contribution in [2.24, 2.45) is 0 Å². The van der Waals surface area contributed by atoms with E-state index in [0.717, 1.165) is 29.3 Å². The lowest BCUT2D eigenvalue weighted by Gasteiger charge is -2.17. The summed E-state index contributed by atoms with van der Waals surface area (Å²) in [4.78, 5) is 27.6. The van der Waals surface area contributed by atoms with Gasteiger partial charge in [0.1, 0.15) is 0 Å². The Morgan fingerprint density at radius 3 is 2.83 bits per heavy atom. The first-order valence-corrected chi connectivity index (χ1v) is 7.92. The van der Waals surface area contributed by atoms with Gasteiger partial charge in [-0.2, -0.15) is 0 Å². The molecule has 24 heavy (non-hydrogen) atoms. The Balaban J connectivity index is 1.73. The van der Waals surface area contributed by atoms with E-state index >= 15 is 0 Å². The molecule has 122 valence electrons. The minimum Gasteiger partial charge on any atom is -0.478 e. The van der Waals surface area contributed by atoms with Gasteiger partial charge in [0.2, 0.25) is 5.91 Å². The molecule has 3 rings (SSSR count). The first-order valence-electron chi connectivity index (χ1n) is 7.92. The molecule has 0 fully saturated rings. The predicted molar refractivity (Wildman–Crippen MR) is 92.0 cm³/mol. The SMILES string of the molecule is O=C(/C=C/c1ccc2ncccc2c1)NC1=C(C(=O)O)CCCC1. The number of carbonyl (C=O) groups excluding carboxylic acids is 1. The molecule has 1 aromatic carbocycles. The molecule has 0 radical (unpaired) electrons. The van der Waals surface area contributed by atoms with Crippen LogP contribution in [0.25, 0.3) is 17.0 Å². The number of rotatable bonds is 4. The third-order valence-electron chi connectivity index (χ3n) is 4.05. The number of pyridine rings is 1. The summed E-state index contributed by atoms with van der Waals surface area (Å²) in [6, 6.07) is 9.58. The zero-order valence-corrected chi connectivity index (χ0v) is 13.2. The third kappa shape index (κ3) is 3.68. The van der Waals surface area contributed by atoms with Crippen molar-refractivity contribution in [2.45, 2.75) is 25.7 Å². The highest BCUT2D eigenvalue weighted by atomic mass is 16.4. The first kappa shape index (κ1) is 15.9. The van der Waals surface area contributed by atoms with E-state index in [9.17, 15) is 14.7 Å². The van der Waals surface area contributed by atoms with Crippen molar-refractivity contribution >= 4 is 28.9 Å². The zero-order valence-electron chi connectivity index (χ0n) is 13.2. The van der Waals surface area contributed by atoms with Gasteiger partial charge in [-0.25, -0.2) is 4.79 Å². The highest BCUT2D eigenvalue weighted by molar-refractivity contribution is 5.95. The van der Waals surface area contributed by atoms with Crippen LogP contribution >= 0.6 is 0 Å². The molecule has 0 spiro atoms. The van der Waals surface area contributed by atoms with E-state index in [4.69, 9.17) is 0 Å². The Hall–Kier alpha value is -2.95. The van der Waals surface area contributed by atoms with Crippen LogP contribution < -0.4 is 5.32 Å². The van der Waals surface area contributed by atoms with Gasteiger partial charge in [0.25, 0.3) is 0 Å². The molecule has 0 bridgehead atoms. The maximum absolute atomic E-state index is 12.1. The lowest BCUT2D eigenvalue weighted by atomic mass is 9.96. The minimum absolute atomic E-state index is 0.308. The number of nitrogens with one attached hydrogen (secondary N) is 1. The average Bonchev–Trinajstić information content (AvgIpc) is 2.60. The van der Waals surface area contributed by atoms with Crippen LogP contribution in [0.1, 0.15) is 31.2 Å². The topological polar surface area (TPSA) is 79.3 Å². The average molecular weight is 322 g/mol. The van der Waals surface area contributed by atoms with Crippen LogP contribution in [-0.4, -0.2) is 22.0 Å². The monoisotopic (exact) mass is 322 g/mol. The van der Waals surface area contributed by atoms with Crippen molar-refractivity contribution in [3.8, 4) is 0 Å². The van der Waals surface area contributed by atoms with Crippen molar-refractivity contribution in [1.82, 2.24) is 10.3 Å². The second-order valence-electron chi connectivity index (χ2n) is 5.75. The summed E-state index contributed by atoms with van der Waals surface area (Å²) in [5.74, 6) is -1.26. The molecule has 1 aromatic heterocycles. The Morgan fingerprint density at radius 1 is 1.17 bits per heavy atom. The molecule has 0 saturated heterocycles. The van der Waals surface area contributed by atoms with E-state index in [1.165, 1.54) is 6.08 Å². The number of carboxylic acids is 1. The highest BCUT2D eigenvalue weighted by Gasteiger charge is 2.19. The molecule has 1 amide bonds. The number of hydrogen-bond donors (Lipinski definition) is 2. The van der Waals surface area contributed by atoms with Crippen LogP contribution in [-0.2, 0) is 9.59 Å². The lowest BCUT2D eigenvalue weighted by molar-refractivity contribution is -0.133. The maximum Gasteiger partial charge on any atom is 0.333 e. The fraction of sp³-hybridized carbons (Fsp3) is 0.211. The molecule has 0 atom stereocenters. The molecule has 2 N–H and O–H groups in total. The van der Waals surface area contributed by atoms with Gasteiger partial charge >= 0.3 is 5.97 Å². The van der Waals surface area contributed by atoms with Crippen LogP contribution in [0, 0.1) is 0 Å². The summed E-state index contributed by atoms with van der Waals surface area (Å²) >= 11 is 0. The summed E-state index contributed by atoms with van der Waals surface area (Å²) < 4.78 is 0. The maximum atomic E-state index is 12.1. The molecule has 5 heteroatoms. The number of aromatic nitrogens is 1. The number of allylic oxidation sites excluding steroid dienone is 1. The molecule has 5 nitrogen and oxygen atoms in total. The summed E-state index contributed by atoms with van der Waals surface area (Å²) in [5, 5.41) is 12.9. The Bertz CT molecular complexity index is 853. The number of amides is 1. The van der Waals surface area contributed by atoms with E-state index in [2.05, 4.69) is 10.3 Å². The van der Waals surface area contributed by atoms with Gasteiger partial charge in [-0.15, -0.1) is 0 Å². The van der Waals surface area contributed by atoms with Gasteiger partial charge in [-0.05, 0) is 55.5 Å². The summed E-state index contributed by atoms with van der Waals surface area (Å²) in [6.45, 7) is 0. The number of nitrogens with zero attached hydrogens (tertiary/aromatic N) is 1. The van der Waals surface area contributed by atoms with Crippen LogP contribution in [0.2, 0.25) is 0 Å². The minimum atomic E-state index is -0.948. The third-order valence-corrected chi connectivity index (χ3v) is 4.05. The van der Waals surface area contributed by atoms with Gasteiger partial charge < -0.3 is 10.4 Å². The van der Waals surface area contributed by atoms with Crippen molar-refractivity contribution in [3.63, 3.8) is 0 Å². The summed E-state index contributed by atoms with van der Waals surface area (Å²) in [6.07, 6.45) is 7.73. The summed E-state index contributed by atoms with van der Waals surface area (Å²) in [5.41, 5.74) is 2.64. The molecular formula is C19H18N2O3. The van der Waals surface area contributed by atoms with E-state index < -0.39 is 5.97 Å². The molecule has 1 aliphatic rings. The number of fused-ring (bicyclic) bond motifs is 1. The van der Waals surface area contributed by atoms with Gasteiger partial charge in [-0.1, -0.05) is 12.1 Å². The Kier molecular flexibility index (Phi) is 4.70. The number of carboxylic acid groups (broad SMARTS) is 1. The molecule has 1 heterocycles. The van der Waals surface area contributed by atoms with Gasteiger partial charge in [0, 0.05) is 23.4 Å². The number of benzene rings is 1. The number of hydrogen-bond acceptors (Lipinski definition) is 3. The fourth-order valence-electron chi connectivity index (χ4n) is 2.84. The first-order chi connectivity index (χ1) is 11.6. The van der Waals surface area contributed by atoms with E-state index in [0.29, 0.717) is 24.1 Å². The number of carbonyl (C=O) groups is 2. The Labute approximate surface area is 139 Å². The standard InChI is InChI=1S/C19H18N2O3/c22-18(21-17-6-2-1-5-15(17)19(23)24)10-8-13-7-9-16-14(12-13)4-3-11-20-16/h3-4,7-12H,1-2,5-6H2,(H,21,22)(H,23,24)/b10-8+. The zero-order chi connectivity index (χ0) is 16.9. The second-order valence-corrected chi connectivity index (χ2v) is 5.75. The Morgan fingerprint density at radius 2 is 2.00 bits per heavy atom. The normalized spacial score (nSPS) is 15.0. The predicted octanol–water partition coefficient (Wildman–Crippen LogP) is 3.28. The molecule has 2 aromatic rings. The molecule has 0 saturated carbocycles. The molecule has 1 aliphatic carbocycles. The van der Waals surface area contributed by atoms with E-state index in [-0.39, 0.29) is 5.91 Å². The quantitative estimate of drug-likeness (QED) is 0.847. The fourth-order valence-corrected chi connectivity index (χ4v) is 2.84. The van der Waals surface area contributed by atoms with E-state index in [1.54, 1.807) is 12.3 Å². The largest absolute Gasteiger partial charge is 0.478 e. The van der Waals surface area contributed by atoms with Crippen molar-refractivity contribution in [1.29, 1.82) is 0 Å². The van der Waals surface area contributed by atoms with Crippen LogP contribution in [0.3, 0.4) is 0 Å². The summed E-state index contributed by atoms with van der Waals surface area (Å²) in [7, 11) is 0. The molecule has 0 unspecified atom stereocenters. The van der Waals surface area contributed by atoms with Gasteiger partial charge in [-0.3, -0.25) is 9.78 Å². The smallest absolute Gasteiger partial charge is 0.333 e. The van der Waals surface area contributed by atoms with Crippen LogP contribution in [0.4, 0.5) is 0 Å². The van der Waals surface area contributed by atoms with Gasteiger partial charge in [0.15, 0.2) is 0 Å².